The highest BCUT2D eigenvalue weighted by molar-refractivity contribution is 7.09. The van der Waals surface area contributed by atoms with Gasteiger partial charge in [0.1, 0.15) is 5.01 Å². The fraction of sp³-hybridized carbons (Fsp3) is 0.647. The molecule has 7 heteroatoms. The van der Waals surface area contributed by atoms with Crippen molar-refractivity contribution in [3.63, 3.8) is 0 Å². The predicted molar refractivity (Wildman–Crippen MR) is 93.7 cm³/mol. The molecule has 4 heterocycles. The van der Waals surface area contributed by atoms with Crippen LogP contribution >= 0.6 is 11.3 Å². The van der Waals surface area contributed by atoms with E-state index in [2.05, 4.69) is 31.5 Å². The van der Waals surface area contributed by atoms with Crippen LogP contribution in [0, 0.1) is 5.41 Å². The van der Waals surface area contributed by atoms with Gasteiger partial charge in [0.15, 0.2) is 0 Å². The molecule has 2 aliphatic heterocycles. The highest BCUT2D eigenvalue weighted by Gasteiger charge is 2.41. The number of likely N-dealkylation sites (tertiary alicyclic amines) is 1. The Morgan fingerprint density at radius 2 is 2.12 bits per heavy atom. The Kier molecular flexibility index (Phi) is 4.67. The first-order chi connectivity index (χ1) is 11.7. The lowest BCUT2D eigenvalue weighted by Gasteiger charge is -2.31. The third-order valence-electron chi connectivity index (χ3n) is 5.04. The number of aryl methyl sites for hydroxylation is 1. The fourth-order valence-corrected chi connectivity index (χ4v) is 4.62. The third kappa shape index (κ3) is 3.69. The van der Waals surface area contributed by atoms with Gasteiger partial charge in [-0.15, -0.1) is 11.3 Å². The largest absolute Gasteiger partial charge is 0.379 e. The van der Waals surface area contributed by atoms with Gasteiger partial charge in [-0.25, -0.2) is 4.98 Å². The van der Waals surface area contributed by atoms with E-state index in [0.29, 0.717) is 0 Å². The van der Waals surface area contributed by atoms with Crippen LogP contribution in [-0.4, -0.2) is 64.0 Å². The van der Waals surface area contributed by atoms with Gasteiger partial charge >= 0.3 is 0 Å². The van der Waals surface area contributed by atoms with E-state index < -0.39 is 0 Å². The van der Waals surface area contributed by atoms with E-state index >= 15 is 0 Å². The van der Waals surface area contributed by atoms with Gasteiger partial charge in [0, 0.05) is 62.0 Å². The zero-order valence-corrected chi connectivity index (χ0v) is 15.0. The van der Waals surface area contributed by atoms with Crippen molar-refractivity contribution in [3.8, 4) is 0 Å². The van der Waals surface area contributed by atoms with Gasteiger partial charge in [-0.1, -0.05) is 0 Å². The molecule has 0 aromatic carbocycles. The summed E-state index contributed by atoms with van der Waals surface area (Å²) in [6, 6.07) is 0. The van der Waals surface area contributed by atoms with E-state index in [1.54, 1.807) is 11.3 Å². The molecule has 4 rings (SSSR count). The number of thiazole rings is 1. The number of rotatable bonds is 4. The normalized spacial score (nSPS) is 26.2. The fourth-order valence-electron chi connectivity index (χ4n) is 3.96. The molecule has 0 radical (unpaired) electrons. The summed E-state index contributed by atoms with van der Waals surface area (Å²) in [5.41, 5.74) is 1.54. The molecule has 0 aliphatic carbocycles. The smallest absolute Gasteiger partial charge is 0.107 e. The molecule has 0 amide bonds. The molecule has 2 aromatic heterocycles. The zero-order valence-electron chi connectivity index (χ0n) is 14.2. The van der Waals surface area contributed by atoms with Crippen LogP contribution < -0.4 is 0 Å². The minimum Gasteiger partial charge on any atom is -0.379 e. The van der Waals surface area contributed by atoms with Crippen molar-refractivity contribution in [1.29, 1.82) is 0 Å². The second kappa shape index (κ2) is 6.92. The maximum atomic E-state index is 5.99. The predicted octanol–water partition coefficient (Wildman–Crippen LogP) is 1.60. The van der Waals surface area contributed by atoms with Crippen LogP contribution in [-0.2, 0) is 24.9 Å². The third-order valence-corrected chi connectivity index (χ3v) is 5.81. The number of hydrogen-bond donors (Lipinski definition) is 0. The summed E-state index contributed by atoms with van der Waals surface area (Å²) in [5, 5.41) is 7.57. The van der Waals surface area contributed by atoms with Crippen molar-refractivity contribution >= 4 is 11.3 Å². The summed E-state index contributed by atoms with van der Waals surface area (Å²) < 4.78 is 7.87. The lowest BCUT2D eigenvalue weighted by Crippen LogP contribution is -2.40. The Morgan fingerprint density at radius 3 is 2.88 bits per heavy atom. The number of nitrogens with zero attached hydrogens (tertiary/aromatic N) is 5. The molecule has 0 saturated carbocycles. The van der Waals surface area contributed by atoms with Crippen LogP contribution in [0.15, 0.2) is 24.0 Å². The average molecular weight is 347 g/mol. The van der Waals surface area contributed by atoms with E-state index in [1.807, 2.05) is 24.1 Å². The maximum Gasteiger partial charge on any atom is 0.107 e. The van der Waals surface area contributed by atoms with Gasteiger partial charge < -0.3 is 4.74 Å². The molecule has 0 bridgehead atoms. The molecule has 2 fully saturated rings. The number of hydrogen-bond acceptors (Lipinski definition) is 6. The lowest BCUT2D eigenvalue weighted by atomic mass is 9.87. The molecule has 1 spiro atoms. The van der Waals surface area contributed by atoms with E-state index in [-0.39, 0.29) is 5.41 Å². The first-order valence-electron chi connectivity index (χ1n) is 8.59. The summed E-state index contributed by atoms with van der Waals surface area (Å²) >= 11 is 1.75. The molecular weight excluding hydrogens is 322 g/mol. The van der Waals surface area contributed by atoms with Crippen molar-refractivity contribution in [2.45, 2.75) is 19.5 Å². The van der Waals surface area contributed by atoms with Gasteiger partial charge in [0.2, 0.25) is 0 Å². The van der Waals surface area contributed by atoms with Gasteiger partial charge in [0.25, 0.3) is 0 Å². The quantitative estimate of drug-likeness (QED) is 0.841. The van der Waals surface area contributed by atoms with Gasteiger partial charge in [-0.05, 0) is 13.0 Å². The van der Waals surface area contributed by atoms with E-state index in [1.165, 1.54) is 17.0 Å². The first kappa shape index (κ1) is 16.2. The maximum absolute atomic E-state index is 5.99. The van der Waals surface area contributed by atoms with Gasteiger partial charge in [-0.2, -0.15) is 5.10 Å². The van der Waals surface area contributed by atoms with Crippen molar-refractivity contribution < 1.29 is 4.74 Å². The van der Waals surface area contributed by atoms with Crippen LogP contribution in [0.3, 0.4) is 0 Å². The van der Waals surface area contributed by atoms with Crippen molar-refractivity contribution in [2.24, 2.45) is 12.5 Å². The molecule has 0 N–H and O–H groups in total. The number of ether oxygens (including phenoxy) is 1. The minimum atomic E-state index is 0.260. The van der Waals surface area contributed by atoms with E-state index in [0.717, 1.165) is 52.5 Å². The van der Waals surface area contributed by atoms with Crippen molar-refractivity contribution in [2.75, 3.05) is 39.4 Å². The second-order valence-electron chi connectivity index (χ2n) is 7.17. The van der Waals surface area contributed by atoms with Crippen LogP contribution in [0.2, 0.25) is 0 Å². The van der Waals surface area contributed by atoms with E-state index in [9.17, 15) is 0 Å². The Bertz CT molecular complexity index is 658. The minimum absolute atomic E-state index is 0.260. The van der Waals surface area contributed by atoms with Crippen LogP contribution in [0.4, 0.5) is 0 Å². The van der Waals surface area contributed by atoms with Gasteiger partial charge in [-0.3, -0.25) is 14.5 Å². The molecule has 2 aromatic rings. The van der Waals surface area contributed by atoms with Gasteiger partial charge in [0.05, 0.1) is 26.0 Å². The summed E-state index contributed by atoms with van der Waals surface area (Å²) in [4.78, 5) is 9.51. The summed E-state index contributed by atoms with van der Waals surface area (Å²) in [6.45, 7) is 8.01. The molecule has 1 unspecified atom stereocenters. The lowest BCUT2D eigenvalue weighted by molar-refractivity contribution is 0.0706. The second-order valence-corrected chi connectivity index (χ2v) is 8.15. The molecular formula is C17H25N5OS. The highest BCUT2D eigenvalue weighted by Crippen LogP contribution is 2.34. The first-order valence-corrected chi connectivity index (χ1v) is 9.47. The summed E-state index contributed by atoms with van der Waals surface area (Å²) in [7, 11) is 1.98. The number of aromatic nitrogens is 3. The van der Waals surface area contributed by atoms with Crippen molar-refractivity contribution in [3.05, 3.63) is 34.5 Å². The van der Waals surface area contributed by atoms with E-state index in [4.69, 9.17) is 4.74 Å². The molecule has 130 valence electrons. The Hall–Kier alpha value is -1.28. The summed E-state index contributed by atoms with van der Waals surface area (Å²) in [6.07, 6.45) is 7.20. The average Bonchev–Trinajstić information content (AvgIpc) is 3.25. The zero-order chi connectivity index (χ0) is 16.4. The Balaban J connectivity index is 1.40. The standard InChI is InChI=1S/C17H25N5OS/c1-20-9-15(8-19-20)10-22-5-6-23-14-17(13-22)2-4-21(12-17)11-16-18-3-7-24-16/h3,7-9H,2,4-6,10-14H2,1H3. The highest BCUT2D eigenvalue weighted by atomic mass is 32.1. The summed E-state index contributed by atoms with van der Waals surface area (Å²) in [5.74, 6) is 0. The van der Waals surface area contributed by atoms with Crippen LogP contribution in [0.5, 0.6) is 0 Å². The Labute approximate surface area is 147 Å². The Morgan fingerprint density at radius 1 is 1.25 bits per heavy atom. The van der Waals surface area contributed by atoms with Crippen LogP contribution in [0.1, 0.15) is 17.0 Å². The van der Waals surface area contributed by atoms with Crippen molar-refractivity contribution in [1.82, 2.24) is 24.6 Å². The molecule has 2 saturated heterocycles. The van der Waals surface area contributed by atoms with Crippen LogP contribution in [0.25, 0.3) is 0 Å². The molecule has 1 atom stereocenters. The molecule has 24 heavy (non-hydrogen) atoms. The molecule has 6 nitrogen and oxygen atoms in total. The topological polar surface area (TPSA) is 46.4 Å². The SMILES string of the molecule is Cn1cc(CN2CCOCC3(CCN(Cc4nccs4)C3)C2)cn1. The monoisotopic (exact) mass is 347 g/mol. The molecule has 2 aliphatic rings.